The lowest BCUT2D eigenvalue weighted by molar-refractivity contribution is -0.126. The highest BCUT2D eigenvalue weighted by molar-refractivity contribution is 9.10. The number of nitriles is 1. The van der Waals surface area contributed by atoms with Crippen LogP contribution in [0.1, 0.15) is 36.2 Å². The number of carbonyl (C=O) groups is 2. The van der Waals surface area contributed by atoms with Crippen molar-refractivity contribution >= 4 is 38.6 Å². The Hall–Kier alpha value is -2.33. The number of carbonyl (C=O) groups excluding carboxylic acids is 2. The summed E-state index contributed by atoms with van der Waals surface area (Å²) in [5, 5.41) is 15.2. The van der Waals surface area contributed by atoms with E-state index < -0.39 is 0 Å². The number of aromatic amines is 1. The molecule has 7 heteroatoms. The fourth-order valence-electron chi connectivity index (χ4n) is 3.36. The zero-order valence-corrected chi connectivity index (χ0v) is 15.2. The van der Waals surface area contributed by atoms with Crippen LogP contribution in [0.25, 0.3) is 10.9 Å². The number of hydrogen-bond donors (Lipinski definition) is 3. The maximum absolute atomic E-state index is 12.6. The van der Waals surface area contributed by atoms with E-state index in [-0.39, 0.29) is 30.3 Å². The van der Waals surface area contributed by atoms with Crippen molar-refractivity contribution < 1.29 is 9.59 Å². The fraction of sp³-hybridized carbons (Fsp3) is 0.389. The molecule has 1 saturated carbocycles. The van der Waals surface area contributed by atoms with Crippen LogP contribution in [0.4, 0.5) is 0 Å². The Morgan fingerprint density at radius 2 is 2.12 bits per heavy atom. The molecule has 0 bridgehead atoms. The first-order chi connectivity index (χ1) is 12.1. The highest BCUT2D eigenvalue weighted by Gasteiger charge is 2.32. The van der Waals surface area contributed by atoms with E-state index in [2.05, 4.69) is 31.5 Å². The fourth-order valence-corrected chi connectivity index (χ4v) is 3.84. The van der Waals surface area contributed by atoms with Gasteiger partial charge in [0, 0.05) is 15.9 Å². The summed E-state index contributed by atoms with van der Waals surface area (Å²) in [6, 6.07) is 9.27. The molecule has 1 heterocycles. The second-order valence-electron chi connectivity index (χ2n) is 6.23. The summed E-state index contributed by atoms with van der Waals surface area (Å²) >= 11 is 3.47. The third-order valence-corrected chi connectivity index (χ3v) is 5.27. The van der Waals surface area contributed by atoms with E-state index in [0.29, 0.717) is 5.69 Å². The predicted molar refractivity (Wildman–Crippen MR) is 97.8 cm³/mol. The molecular weight excluding hydrogens is 384 g/mol. The van der Waals surface area contributed by atoms with Gasteiger partial charge in [-0.25, -0.2) is 0 Å². The molecule has 2 amide bonds. The Labute approximate surface area is 154 Å². The molecule has 25 heavy (non-hydrogen) atoms. The number of rotatable bonds is 4. The maximum Gasteiger partial charge on any atom is 0.267 e. The van der Waals surface area contributed by atoms with Gasteiger partial charge in [-0.15, -0.1) is 0 Å². The lowest BCUT2D eigenvalue weighted by Crippen LogP contribution is -2.48. The summed E-state index contributed by atoms with van der Waals surface area (Å²) in [6.45, 7) is -0.00789. The minimum atomic E-state index is -0.290. The molecule has 0 saturated heterocycles. The SMILES string of the molecule is N#CCNC(=O)[C@@H]1CCCC[C@@H]1NC(=O)c1cc2cccc(Br)c2[nH]1. The summed E-state index contributed by atoms with van der Waals surface area (Å²) in [7, 11) is 0. The number of fused-ring (bicyclic) bond motifs is 1. The van der Waals surface area contributed by atoms with Crippen molar-refractivity contribution in [2.24, 2.45) is 5.92 Å². The summed E-state index contributed by atoms with van der Waals surface area (Å²) in [5.74, 6) is -0.666. The second-order valence-corrected chi connectivity index (χ2v) is 7.09. The topological polar surface area (TPSA) is 97.8 Å². The molecule has 0 aliphatic heterocycles. The molecule has 2 atom stereocenters. The molecule has 0 unspecified atom stereocenters. The largest absolute Gasteiger partial charge is 0.350 e. The quantitative estimate of drug-likeness (QED) is 0.685. The van der Waals surface area contributed by atoms with Crippen molar-refractivity contribution in [3.05, 3.63) is 34.4 Å². The van der Waals surface area contributed by atoms with Gasteiger partial charge >= 0.3 is 0 Å². The van der Waals surface area contributed by atoms with Crippen LogP contribution in [0.2, 0.25) is 0 Å². The molecule has 0 radical (unpaired) electrons. The van der Waals surface area contributed by atoms with Crippen LogP contribution in [0, 0.1) is 17.2 Å². The summed E-state index contributed by atoms with van der Waals surface area (Å²) in [6.07, 6.45) is 3.42. The molecule has 3 N–H and O–H groups in total. The van der Waals surface area contributed by atoms with E-state index in [1.807, 2.05) is 30.3 Å². The molecule has 1 aliphatic rings. The van der Waals surface area contributed by atoms with Gasteiger partial charge in [0.25, 0.3) is 5.91 Å². The van der Waals surface area contributed by atoms with Crippen molar-refractivity contribution in [1.29, 1.82) is 5.26 Å². The normalized spacial score (nSPS) is 20.0. The number of aromatic nitrogens is 1. The average Bonchev–Trinajstić information content (AvgIpc) is 3.06. The lowest BCUT2D eigenvalue weighted by Gasteiger charge is -2.30. The zero-order valence-electron chi connectivity index (χ0n) is 13.6. The van der Waals surface area contributed by atoms with Crippen LogP contribution in [0.3, 0.4) is 0 Å². The Balaban J connectivity index is 1.74. The van der Waals surface area contributed by atoms with E-state index in [1.54, 1.807) is 0 Å². The van der Waals surface area contributed by atoms with Gasteiger partial charge < -0.3 is 15.6 Å². The zero-order chi connectivity index (χ0) is 17.8. The Morgan fingerprint density at radius 3 is 2.88 bits per heavy atom. The first-order valence-electron chi connectivity index (χ1n) is 8.33. The predicted octanol–water partition coefficient (Wildman–Crippen LogP) is 2.86. The standard InChI is InChI=1S/C18H19BrN4O2/c19-13-6-3-4-11-10-15(22-16(11)13)18(25)23-14-7-2-1-5-12(14)17(24)21-9-8-20/h3-4,6,10,12,14,22H,1-2,5,7,9H2,(H,21,24)(H,23,25)/t12-,14+/m1/s1. The highest BCUT2D eigenvalue weighted by Crippen LogP contribution is 2.26. The lowest BCUT2D eigenvalue weighted by atomic mass is 9.83. The molecule has 1 aliphatic carbocycles. The van der Waals surface area contributed by atoms with E-state index in [1.165, 1.54) is 0 Å². The molecule has 2 aromatic rings. The Morgan fingerprint density at radius 1 is 1.32 bits per heavy atom. The van der Waals surface area contributed by atoms with Gasteiger partial charge in [0.15, 0.2) is 0 Å². The van der Waals surface area contributed by atoms with Crippen LogP contribution in [-0.4, -0.2) is 29.4 Å². The van der Waals surface area contributed by atoms with Crippen molar-refractivity contribution in [3.8, 4) is 6.07 Å². The third-order valence-electron chi connectivity index (χ3n) is 4.61. The second kappa shape index (κ2) is 7.70. The van der Waals surface area contributed by atoms with E-state index in [9.17, 15) is 9.59 Å². The van der Waals surface area contributed by atoms with Gasteiger partial charge in [-0.1, -0.05) is 25.0 Å². The maximum atomic E-state index is 12.6. The van der Waals surface area contributed by atoms with Crippen LogP contribution in [0.5, 0.6) is 0 Å². The molecule has 1 fully saturated rings. The van der Waals surface area contributed by atoms with Gasteiger partial charge in [-0.3, -0.25) is 9.59 Å². The molecule has 130 valence electrons. The van der Waals surface area contributed by atoms with Crippen molar-refractivity contribution in [2.45, 2.75) is 31.7 Å². The van der Waals surface area contributed by atoms with Gasteiger partial charge in [0.05, 0.1) is 17.5 Å². The molecule has 6 nitrogen and oxygen atoms in total. The number of nitrogens with zero attached hydrogens (tertiary/aromatic N) is 1. The summed E-state index contributed by atoms with van der Waals surface area (Å²) in [4.78, 5) is 28.0. The average molecular weight is 403 g/mol. The number of H-pyrrole nitrogens is 1. The van der Waals surface area contributed by atoms with Crippen molar-refractivity contribution in [2.75, 3.05) is 6.54 Å². The van der Waals surface area contributed by atoms with Gasteiger partial charge in [0.1, 0.15) is 12.2 Å². The monoisotopic (exact) mass is 402 g/mol. The van der Waals surface area contributed by atoms with Gasteiger partial charge in [-0.05, 0) is 40.9 Å². The van der Waals surface area contributed by atoms with Crippen LogP contribution in [0.15, 0.2) is 28.7 Å². The highest BCUT2D eigenvalue weighted by atomic mass is 79.9. The molecule has 1 aromatic heterocycles. The molecule has 0 spiro atoms. The van der Waals surface area contributed by atoms with E-state index in [0.717, 1.165) is 41.1 Å². The Bertz CT molecular complexity index is 839. The van der Waals surface area contributed by atoms with Crippen molar-refractivity contribution in [3.63, 3.8) is 0 Å². The minimum absolute atomic E-state index is 0.00789. The van der Waals surface area contributed by atoms with Crippen LogP contribution < -0.4 is 10.6 Å². The van der Waals surface area contributed by atoms with Crippen molar-refractivity contribution in [1.82, 2.24) is 15.6 Å². The molecular formula is C18H19BrN4O2. The number of hydrogen-bond acceptors (Lipinski definition) is 3. The van der Waals surface area contributed by atoms with E-state index in [4.69, 9.17) is 5.26 Å². The third kappa shape index (κ3) is 3.85. The summed E-state index contributed by atoms with van der Waals surface area (Å²) < 4.78 is 0.899. The number of benzene rings is 1. The van der Waals surface area contributed by atoms with Crippen LogP contribution >= 0.6 is 15.9 Å². The molecule has 1 aromatic carbocycles. The smallest absolute Gasteiger partial charge is 0.267 e. The summed E-state index contributed by atoms with van der Waals surface area (Å²) in [5.41, 5.74) is 1.35. The number of nitrogens with one attached hydrogen (secondary N) is 3. The first-order valence-corrected chi connectivity index (χ1v) is 9.12. The minimum Gasteiger partial charge on any atom is -0.350 e. The molecule has 3 rings (SSSR count). The number of amides is 2. The van der Waals surface area contributed by atoms with E-state index >= 15 is 0 Å². The van der Waals surface area contributed by atoms with Gasteiger partial charge in [0.2, 0.25) is 5.91 Å². The number of halogens is 1. The first kappa shape index (κ1) is 17.5. The van der Waals surface area contributed by atoms with Gasteiger partial charge in [-0.2, -0.15) is 5.26 Å². The van der Waals surface area contributed by atoms with Crippen LogP contribution in [-0.2, 0) is 4.79 Å². The Kier molecular flexibility index (Phi) is 5.39. The number of para-hydroxylation sites is 1.